The van der Waals surface area contributed by atoms with Crippen LogP contribution in [-0.2, 0) is 0 Å². The lowest BCUT2D eigenvalue weighted by Crippen LogP contribution is -2.36. The highest BCUT2D eigenvalue weighted by Gasteiger charge is 2.21. The van der Waals surface area contributed by atoms with Gasteiger partial charge in [0.15, 0.2) is 0 Å². The van der Waals surface area contributed by atoms with Gasteiger partial charge in [-0.3, -0.25) is 0 Å². The lowest BCUT2D eigenvalue weighted by atomic mass is 9.96. The van der Waals surface area contributed by atoms with Crippen molar-refractivity contribution in [3.05, 3.63) is 65.7 Å². The van der Waals surface area contributed by atoms with Crippen LogP contribution in [0.1, 0.15) is 42.9 Å². The molecule has 2 aromatic rings. The zero-order chi connectivity index (χ0) is 15.9. The minimum atomic E-state index is 0.0275. The second kappa shape index (κ2) is 7.80. The van der Waals surface area contributed by atoms with Crippen molar-refractivity contribution in [2.24, 2.45) is 0 Å². The molecule has 1 N–H and O–H groups in total. The Labute approximate surface area is 137 Å². The largest absolute Gasteiger partial charge is 0.486 e. The van der Waals surface area contributed by atoms with Crippen LogP contribution in [0.4, 0.5) is 0 Å². The van der Waals surface area contributed by atoms with Gasteiger partial charge in [-0.15, -0.1) is 0 Å². The maximum atomic E-state index is 8.91. The average Bonchev–Trinajstić information content (AvgIpc) is 2.63. The molecule has 2 unspecified atom stereocenters. The summed E-state index contributed by atoms with van der Waals surface area (Å²) in [6.07, 6.45) is 4.75. The second-order valence-electron chi connectivity index (χ2n) is 6.04. The molecule has 0 aliphatic carbocycles. The molecule has 0 bridgehead atoms. The number of benzene rings is 2. The van der Waals surface area contributed by atoms with Gasteiger partial charge in [-0.2, -0.15) is 5.26 Å². The summed E-state index contributed by atoms with van der Waals surface area (Å²) in [4.78, 5) is 0. The number of nitriles is 1. The van der Waals surface area contributed by atoms with Crippen molar-refractivity contribution in [1.82, 2.24) is 5.32 Å². The van der Waals surface area contributed by atoms with Crippen molar-refractivity contribution in [3.8, 4) is 11.8 Å². The zero-order valence-electron chi connectivity index (χ0n) is 13.2. The number of piperidine rings is 1. The van der Waals surface area contributed by atoms with E-state index in [2.05, 4.69) is 35.7 Å². The number of ether oxygens (including phenoxy) is 1. The first-order chi connectivity index (χ1) is 11.3. The number of nitrogens with one attached hydrogen (secondary N) is 1. The van der Waals surface area contributed by atoms with E-state index in [1.54, 1.807) is 12.1 Å². The maximum absolute atomic E-state index is 8.91. The summed E-state index contributed by atoms with van der Waals surface area (Å²) in [7, 11) is 0. The van der Waals surface area contributed by atoms with Crippen molar-refractivity contribution in [2.75, 3.05) is 6.54 Å². The SMILES string of the molecule is N#Cc1ccc(OC(CC2CCCCN2)c2ccccc2)cc1. The molecule has 0 radical (unpaired) electrons. The number of hydrogen-bond donors (Lipinski definition) is 1. The van der Waals surface area contributed by atoms with E-state index in [1.165, 1.54) is 24.8 Å². The summed E-state index contributed by atoms with van der Waals surface area (Å²) in [6, 6.07) is 20.4. The topological polar surface area (TPSA) is 45.0 Å². The Morgan fingerprint density at radius 2 is 1.87 bits per heavy atom. The standard InChI is InChI=1S/C20H22N2O/c21-15-16-9-11-19(12-10-16)23-20(17-6-2-1-3-7-17)14-18-8-4-5-13-22-18/h1-3,6-7,9-12,18,20,22H,4-5,8,13-14H2. The minimum Gasteiger partial charge on any atom is -0.486 e. The molecule has 1 aliphatic heterocycles. The van der Waals surface area contributed by atoms with E-state index < -0.39 is 0 Å². The van der Waals surface area contributed by atoms with Crippen LogP contribution in [0.15, 0.2) is 54.6 Å². The van der Waals surface area contributed by atoms with E-state index in [4.69, 9.17) is 10.00 Å². The Hall–Kier alpha value is -2.31. The molecule has 23 heavy (non-hydrogen) atoms. The second-order valence-corrected chi connectivity index (χ2v) is 6.04. The molecule has 1 heterocycles. The Morgan fingerprint density at radius 3 is 2.52 bits per heavy atom. The third-order valence-corrected chi connectivity index (χ3v) is 4.34. The lowest BCUT2D eigenvalue weighted by molar-refractivity contribution is 0.169. The van der Waals surface area contributed by atoms with Gasteiger partial charge >= 0.3 is 0 Å². The summed E-state index contributed by atoms with van der Waals surface area (Å²) in [5.74, 6) is 0.814. The summed E-state index contributed by atoms with van der Waals surface area (Å²) in [5.41, 5.74) is 1.85. The Kier molecular flexibility index (Phi) is 5.29. The molecular weight excluding hydrogens is 284 g/mol. The summed E-state index contributed by atoms with van der Waals surface area (Å²) in [5, 5.41) is 12.5. The summed E-state index contributed by atoms with van der Waals surface area (Å²) < 4.78 is 6.25. The smallest absolute Gasteiger partial charge is 0.125 e. The number of nitrogens with zero attached hydrogens (tertiary/aromatic N) is 1. The molecular formula is C20H22N2O. The molecule has 2 aromatic carbocycles. The van der Waals surface area contributed by atoms with Crippen LogP contribution in [0.3, 0.4) is 0 Å². The normalized spacial score (nSPS) is 18.8. The molecule has 0 spiro atoms. The van der Waals surface area contributed by atoms with Gasteiger partial charge in [-0.25, -0.2) is 0 Å². The van der Waals surface area contributed by atoms with Crippen LogP contribution in [0.25, 0.3) is 0 Å². The van der Waals surface area contributed by atoms with E-state index >= 15 is 0 Å². The van der Waals surface area contributed by atoms with Crippen molar-refractivity contribution >= 4 is 0 Å². The van der Waals surface area contributed by atoms with Crippen molar-refractivity contribution in [3.63, 3.8) is 0 Å². The third-order valence-electron chi connectivity index (χ3n) is 4.34. The molecule has 118 valence electrons. The minimum absolute atomic E-state index is 0.0275. The monoisotopic (exact) mass is 306 g/mol. The fraction of sp³-hybridized carbons (Fsp3) is 0.350. The van der Waals surface area contributed by atoms with E-state index in [0.29, 0.717) is 11.6 Å². The van der Waals surface area contributed by atoms with E-state index in [-0.39, 0.29) is 6.10 Å². The molecule has 3 nitrogen and oxygen atoms in total. The predicted molar refractivity (Wildman–Crippen MR) is 91.2 cm³/mol. The van der Waals surface area contributed by atoms with E-state index in [9.17, 15) is 0 Å². The van der Waals surface area contributed by atoms with Crippen LogP contribution in [0, 0.1) is 11.3 Å². The van der Waals surface area contributed by atoms with Gasteiger partial charge in [0.2, 0.25) is 0 Å². The highest BCUT2D eigenvalue weighted by molar-refractivity contribution is 5.35. The molecule has 2 atom stereocenters. The molecule has 1 saturated heterocycles. The van der Waals surface area contributed by atoms with Crippen LogP contribution in [0.5, 0.6) is 5.75 Å². The maximum Gasteiger partial charge on any atom is 0.125 e. The molecule has 0 amide bonds. The summed E-state index contributed by atoms with van der Waals surface area (Å²) >= 11 is 0. The van der Waals surface area contributed by atoms with Crippen LogP contribution in [-0.4, -0.2) is 12.6 Å². The average molecular weight is 306 g/mol. The third kappa shape index (κ3) is 4.34. The first kappa shape index (κ1) is 15.6. The summed E-state index contributed by atoms with van der Waals surface area (Å²) in [6.45, 7) is 1.10. The first-order valence-corrected chi connectivity index (χ1v) is 8.30. The van der Waals surface area contributed by atoms with Gasteiger partial charge in [0, 0.05) is 12.5 Å². The fourth-order valence-corrected chi connectivity index (χ4v) is 3.08. The van der Waals surface area contributed by atoms with E-state index in [1.807, 2.05) is 18.2 Å². The van der Waals surface area contributed by atoms with Gasteiger partial charge in [-0.1, -0.05) is 36.8 Å². The highest BCUT2D eigenvalue weighted by Crippen LogP contribution is 2.28. The van der Waals surface area contributed by atoms with Crippen LogP contribution < -0.4 is 10.1 Å². The quantitative estimate of drug-likeness (QED) is 0.900. The molecule has 0 saturated carbocycles. The van der Waals surface area contributed by atoms with Gasteiger partial charge < -0.3 is 10.1 Å². The Morgan fingerprint density at radius 1 is 1.09 bits per heavy atom. The van der Waals surface area contributed by atoms with E-state index in [0.717, 1.165) is 18.7 Å². The Balaban J connectivity index is 1.75. The number of rotatable bonds is 5. The van der Waals surface area contributed by atoms with Crippen molar-refractivity contribution in [1.29, 1.82) is 5.26 Å². The Bertz CT molecular complexity index is 640. The van der Waals surface area contributed by atoms with Crippen molar-refractivity contribution < 1.29 is 4.74 Å². The fourth-order valence-electron chi connectivity index (χ4n) is 3.08. The molecule has 0 aromatic heterocycles. The highest BCUT2D eigenvalue weighted by atomic mass is 16.5. The number of hydrogen-bond acceptors (Lipinski definition) is 3. The molecule has 3 rings (SSSR count). The van der Waals surface area contributed by atoms with Gasteiger partial charge in [0.25, 0.3) is 0 Å². The molecule has 3 heteroatoms. The lowest BCUT2D eigenvalue weighted by Gasteiger charge is -2.28. The zero-order valence-corrected chi connectivity index (χ0v) is 13.2. The van der Waals surface area contributed by atoms with Crippen LogP contribution in [0.2, 0.25) is 0 Å². The predicted octanol–water partition coefficient (Wildman–Crippen LogP) is 4.21. The molecule has 1 aliphatic rings. The van der Waals surface area contributed by atoms with Crippen LogP contribution >= 0.6 is 0 Å². The van der Waals surface area contributed by atoms with Gasteiger partial charge in [0.1, 0.15) is 11.9 Å². The van der Waals surface area contributed by atoms with Crippen molar-refractivity contribution in [2.45, 2.75) is 37.8 Å². The van der Waals surface area contributed by atoms with Gasteiger partial charge in [0.05, 0.1) is 11.6 Å². The molecule has 1 fully saturated rings. The van der Waals surface area contributed by atoms with Gasteiger partial charge in [-0.05, 0) is 49.2 Å². The first-order valence-electron chi connectivity index (χ1n) is 8.30.